The van der Waals surface area contributed by atoms with E-state index in [0.29, 0.717) is 12.2 Å². The second-order valence-corrected chi connectivity index (χ2v) is 6.83. The van der Waals surface area contributed by atoms with Crippen LogP contribution < -0.4 is 4.74 Å². The van der Waals surface area contributed by atoms with Crippen molar-refractivity contribution in [3.8, 4) is 5.75 Å². The number of aromatic carboxylic acids is 1. The van der Waals surface area contributed by atoms with E-state index in [0.717, 1.165) is 16.3 Å². The van der Waals surface area contributed by atoms with Crippen molar-refractivity contribution in [2.45, 2.75) is 32.6 Å². The third-order valence-electron chi connectivity index (χ3n) is 3.19. The molecule has 2 aromatic rings. The first-order chi connectivity index (χ1) is 9.81. The molecule has 0 amide bonds. The summed E-state index contributed by atoms with van der Waals surface area (Å²) in [5.41, 5.74) is 2.17. The third-order valence-corrected chi connectivity index (χ3v) is 4.04. The highest BCUT2D eigenvalue weighted by Crippen LogP contribution is 2.28. The Morgan fingerprint density at radius 1 is 1.38 bits per heavy atom. The molecule has 0 unspecified atom stereocenters. The van der Waals surface area contributed by atoms with Crippen molar-refractivity contribution in [1.29, 1.82) is 0 Å². The lowest BCUT2D eigenvalue weighted by Crippen LogP contribution is -2.11. The lowest BCUT2D eigenvalue weighted by atomic mass is 9.93. The number of thiazole rings is 1. The van der Waals surface area contributed by atoms with Gasteiger partial charge in [0.15, 0.2) is 0 Å². The van der Waals surface area contributed by atoms with E-state index in [4.69, 9.17) is 9.84 Å². The first kappa shape index (κ1) is 15.5. The van der Waals surface area contributed by atoms with Crippen molar-refractivity contribution in [1.82, 2.24) is 4.98 Å². The van der Waals surface area contributed by atoms with Crippen LogP contribution in [0.2, 0.25) is 0 Å². The normalized spacial score (nSPS) is 11.4. The highest BCUT2D eigenvalue weighted by atomic mass is 32.1. The molecule has 4 nitrogen and oxygen atoms in total. The van der Waals surface area contributed by atoms with Crippen molar-refractivity contribution in [3.05, 3.63) is 45.4 Å². The number of benzene rings is 1. The predicted octanol–water partition coefficient (Wildman–Crippen LogP) is 3.74. The van der Waals surface area contributed by atoms with Crippen LogP contribution in [0.3, 0.4) is 0 Å². The maximum Gasteiger partial charge on any atom is 0.335 e. The van der Waals surface area contributed by atoms with Crippen LogP contribution in [0.1, 0.15) is 47.4 Å². The standard InChI is InChI=1S/C16H19NO3S/c1-16(2,3)13-9-21-14(17-13)8-11-7-10(15(18)19)5-6-12(11)20-4/h5-7,9H,8H2,1-4H3,(H,18,19). The first-order valence-electron chi connectivity index (χ1n) is 6.66. The van der Waals surface area contributed by atoms with Gasteiger partial charge in [-0.3, -0.25) is 0 Å². The van der Waals surface area contributed by atoms with Crippen molar-refractivity contribution in [2.75, 3.05) is 7.11 Å². The highest BCUT2D eigenvalue weighted by molar-refractivity contribution is 7.09. The summed E-state index contributed by atoms with van der Waals surface area (Å²) in [4.78, 5) is 15.7. The molecule has 1 N–H and O–H groups in total. The fourth-order valence-corrected chi connectivity index (χ4v) is 2.99. The van der Waals surface area contributed by atoms with E-state index in [1.165, 1.54) is 0 Å². The summed E-state index contributed by atoms with van der Waals surface area (Å²) >= 11 is 1.59. The smallest absolute Gasteiger partial charge is 0.335 e. The Balaban J connectivity index is 2.32. The molecule has 1 aromatic carbocycles. The van der Waals surface area contributed by atoms with Crippen molar-refractivity contribution in [3.63, 3.8) is 0 Å². The molecular formula is C16H19NO3S. The van der Waals surface area contributed by atoms with Gasteiger partial charge in [0.05, 0.1) is 23.4 Å². The third kappa shape index (κ3) is 3.61. The van der Waals surface area contributed by atoms with Crippen LogP contribution in [-0.4, -0.2) is 23.2 Å². The highest BCUT2D eigenvalue weighted by Gasteiger charge is 2.18. The minimum atomic E-state index is -0.937. The van der Waals surface area contributed by atoms with Crippen LogP contribution in [0.5, 0.6) is 5.75 Å². The summed E-state index contributed by atoms with van der Waals surface area (Å²) in [5, 5.41) is 12.1. The van der Waals surface area contributed by atoms with E-state index in [1.54, 1.807) is 36.6 Å². The van der Waals surface area contributed by atoms with Gasteiger partial charge in [-0.05, 0) is 18.2 Å². The molecule has 1 aromatic heterocycles. The van der Waals surface area contributed by atoms with Gasteiger partial charge in [-0.15, -0.1) is 11.3 Å². The molecule has 0 bridgehead atoms. The van der Waals surface area contributed by atoms with Crippen LogP contribution >= 0.6 is 11.3 Å². The van der Waals surface area contributed by atoms with Crippen LogP contribution in [-0.2, 0) is 11.8 Å². The van der Waals surface area contributed by atoms with Gasteiger partial charge in [0.1, 0.15) is 5.75 Å². The molecule has 0 atom stereocenters. The molecule has 0 spiro atoms. The molecule has 0 aliphatic rings. The summed E-state index contributed by atoms with van der Waals surface area (Å²) in [5.74, 6) is -0.249. The molecule has 0 radical (unpaired) electrons. The molecule has 1 heterocycles. The number of carboxylic acid groups (broad SMARTS) is 1. The number of carboxylic acids is 1. The number of rotatable bonds is 4. The Kier molecular flexibility index (Phi) is 4.32. The molecule has 0 saturated heterocycles. The van der Waals surface area contributed by atoms with Crippen LogP contribution in [0, 0.1) is 0 Å². The Hall–Kier alpha value is -1.88. The summed E-state index contributed by atoms with van der Waals surface area (Å²) < 4.78 is 5.31. The lowest BCUT2D eigenvalue weighted by molar-refractivity contribution is 0.0696. The number of ether oxygens (including phenoxy) is 1. The average molecular weight is 305 g/mol. The summed E-state index contributed by atoms with van der Waals surface area (Å²) in [6.07, 6.45) is 0.574. The first-order valence-corrected chi connectivity index (χ1v) is 7.54. The Morgan fingerprint density at radius 3 is 2.62 bits per heavy atom. The quantitative estimate of drug-likeness (QED) is 0.935. The number of aromatic nitrogens is 1. The van der Waals surface area contributed by atoms with Gasteiger partial charge in [0, 0.05) is 22.8 Å². The van der Waals surface area contributed by atoms with Crippen molar-refractivity contribution in [2.24, 2.45) is 0 Å². The topological polar surface area (TPSA) is 59.4 Å². The fourth-order valence-electron chi connectivity index (χ4n) is 1.95. The van der Waals surface area contributed by atoms with Gasteiger partial charge in [0.2, 0.25) is 0 Å². The van der Waals surface area contributed by atoms with Gasteiger partial charge in [-0.25, -0.2) is 9.78 Å². The molecular weight excluding hydrogens is 286 g/mol. The molecule has 2 rings (SSSR count). The van der Waals surface area contributed by atoms with E-state index >= 15 is 0 Å². The lowest BCUT2D eigenvalue weighted by Gasteiger charge is -2.14. The molecule has 0 saturated carbocycles. The largest absolute Gasteiger partial charge is 0.496 e. The second-order valence-electron chi connectivity index (χ2n) is 5.89. The van der Waals surface area contributed by atoms with Gasteiger partial charge >= 0.3 is 5.97 Å². The van der Waals surface area contributed by atoms with Crippen LogP contribution in [0.15, 0.2) is 23.6 Å². The van der Waals surface area contributed by atoms with Crippen molar-refractivity contribution < 1.29 is 14.6 Å². The minimum Gasteiger partial charge on any atom is -0.496 e. The fraction of sp³-hybridized carbons (Fsp3) is 0.375. The van der Waals surface area contributed by atoms with Crippen LogP contribution in [0.4, 0.5) is 0 Å². The van der Waals surface area contributed by atoms with Gasteiger partial charge < -0.3 is 9.84 Å². The summed E-state index contributed by atoms with van der Waals surface area (Å²) in [6, 6.07) is 4.89. The molecule has 112 valence electrons. The number of nitrogens with zero attached hydrogens (tertiary/aromatic N) is 1. The molecule has 0 aliphatic carbocycles. The van der Waals surface area contributed by atoms with Gasteiger partial charge in [-0.2, -0.15) is 0 Å². The van der Waals surface area contributed by atoms with Crippen LogP contribution in [0.25, 0.3) is 0 Å². The zero-order valence-electron chi connectivity index (χ0n) is 12.6. The van der Waals surface area contributed by atoms with E-state index in [2.05, 4.69) is 31.1 Å². The number of carbonyl (C=O) groups is 1. The zero-order valence-corrected chi connectivity index (χ0v) is 13.5. The van der Waals surface area contributed by atoms with E-state index in [1.807, 2.05) is 0 Å². The maximum atomic E-state index is 11.1. The molecule has 21 heavy (non-hydrogen) atoms. The predicted molar refractivity (Wildman–Crippen MR) is 83.6 cm³/mol. The average Bonchev–Trinajstić information content (AvgIpc) is 2.87. The molecule has 0 fully saturated rings. The van der Waals surface area contributed by atoms with E-state index in [-0.39, 0.29) is 11.0 Å². The molecule has 0 aliphatic heterocycles. The SMILES string of the molecule is COc1ccc(C(=O)O)cc1Cc1nc(C(C)(C)C)cs1. The summed E-state index contributed by atoms with van der Waals surface area (Å²) in [7, 11) is 1.59. The van der Waals surface area contributed by atoms with E-state index < -0.39 is 5.97 Å². The number of hydrogen-bond donors (Lipinski definition) is 1. The Bertz CT molecular complexity index is 656. The maximum absolute atomic E-state index is 11.1. The number of hydrogen-bond acceptors (Lipinski definition) is 4. The Morgan fingerprint density at radius 2 is 2.10 bits per heavy atom. The van der Waals surface area contributed by atoms with Gasteiger partial charge in [-0.1, -0.05) is 20.8 Å². The van der Waals surface area contributed by atoms with Gasteiger partial charge in [0.25, 0.3) is 0 Å². The number of methoxy groups -OCH3 is 1. The zero-order chi connectivity index (χ0) is 15.6. The minimum absolute atomic E-state index is 0.0156. The second kappa shape index (κ2) is 5.85. The Labute approximate surface area is 128 Å². The summed E-state index contributed by atoms with van der Waals surface area (Å²) in [6.45, 7) is 6.37. The monoisotopic (exact) mass is 305 g/mol. The molecule has 5 heteroatoms. The van der Waals surface area contributed by atoms with Crippen molar-refractivity contribution >= 4 is 17.3 Å². The van der Waals surface area contributed by atoms with E-state index in [9.17, 15) is 4.79 Å².